The monoisotopic (exact) mass is 535 g/mol. The minimum atomic E-state index is -1.37. The molecule has 0 spiro atoms. The lowest BCUT2D eigenvalue weighted by Crippen LogP contribution is -2.50. The number of carbonyl (C=O) groups excluding carboxylic acids is 3. The summed E-state index contributed by atoms with van der Waals surface area (Å²) in [6, 6.07) is 0.487. The van der Waals surface area contributed by atoms with Crippen LogP contribution < -0.4 is 27.2 Å². The molecule has 208 valence electrons. The molecule has 1 aromatic heterocycles. The molecule has 6 unspecified atom stereocenters. The first-order valence-corrected chi connectivity index (χ1v) is 12.7. The van der Waals surface area contributed by atoms with Crippen LogP contribution in [0.25, 0.3) is 0 Å². The summed E-state index contributed by atoms with van der Waals surface area (Å²) in [7, 11) is 1.41. The third-order valence-corrected chi connectivity index (χ3v) is 6.78. The number of nitrogens with zero attached hydrogens (tertiary/aromatic N) is 1. The molecule has 14 nitrogen and oxygen atoms in total. The van der Waals surface area contributed by atoms with Crippen LogP contribution in [0.4, 0.5) is 0 Å². The summed E-state index contributed by atoms with van der Waals surface area (Å²) >= 11 is 0. The van der Waals surface area contributed by atoms with E-state index in [9.17, 15) is 29.1 Å². The van der Waals surface area contributed by atoms with Crippen molar-refractivity contribution in [1.29, 1.82) is 0 Å². The fourth-order valence-electron chi connectivity index (χ4n) is 4.73. The number of hydrogen-bond donors (Lipinski definition) is 5. The molecule has 4 rings (SSSR count). The number of likely N-dealkylation sites (N-methyl/N-ethyl adjacent to an activating group) is 1. The first-order valence-electron chi connectivity index (χ1n) is 12.7. The molecule has 0 saturated carbocycles. The Bertz CT molecular complexity index is 1190. The topological polar surface area (TPSA) is 190 Å². The highest BCUT2D eigenvalue weighted by atomic mass is 16.7. The Balaban J connectivity index is 1.42. The molecular weight excluding hydrogens is 502 g/mol. The van der Waals surface area contributed by atoms with Gasteiger partial charge in [-0.05, 0) is 45.1 Å². The Morgan fingerprint density at radius 3 is 2.74 bits per heavy atom. The van der Waals surface area contributed by atoms with Crippen LogP contribution in [0.1, 0.15) is 51.7 Å². The van der Waals surface area contributed by atoms with Crippen molar-refractivity contribution >= 4 is 17.7 Å². The largest absolute Gasteiger partial charge is 0.457 e. The van der Waals surface area contributed by atoms with Gasteiger partial charge in [0.2, 0.25) is 12.2 Å². The van der Waals surface area contributed by atoms with Gasteiger partial charge in [0.25, 0.3) is 17.4 Å². The maximum absolute atomic E-state index is 12.9. The fourth-order valence-corrected chi connectivity index (χ4v) is 4.73. The molecule has 0 radical (unpaired) electrons. The van der Waals surface area contributed by atoms with Crippen molar-refractivity contribution in [2.24, 2.45) is 0 Å². The highest BCUT2D eigenvalue weighted by Crippen LogP contribution is 2.31. The minimum absolute atomic E-state index is 0.0166. The second-order valence-electron chi connectivity index (χ2n) is 9.62. The first kappa shape index (κ1) is 27.5. The van der Waals surface area contributed by atoms with Gasteiger partial charge in [-0.3, -0.25) is 28.7 Å². The summed E-state index contributed by atoms with van der Waals surface area (Å²) in [6.07, 6.45) is 0.118. The van der Waals surface area contributed by atoms with Crippen LogP contribution in [0.3, 0.4) is 0 Å². The van der Waals surface area contributed by atoms with E-state index in [1.54, 1.807) is 0 Å². The van der Waals surface area contributed by atoms with E-state index < -0.39 is 59.9 Å². The van der Waals surface area contributed by atoms with Crippen molar-refractivity contribution in [3.8, 4) is 0 Å². The number of H-pyrrole nitrogens is 1. The van der Waals surface area contributed by atoms with Crippen molar-refractivity contribution in [3.05, 3.63) is 44.9 Å². The third-order valence-electron chi connectivity index (χ3n) is 6.78. The maximum Gasteiger partial charge on any atom is 0.330 e. The Kier molecular flexibility index (Phi) is 8.64. The van der Waals surface area contributed by atoms with Gasteiger partial charge in [-0.25, -0.2) is 4.79 Å². The van der Waals surface area contributed by atoms with Crippen molar-refractivity contribution in [2.45, 2.75) is 88.4 Å². The smallest absolute Gasteiger partial charge is 0.330 e. The van der Waals surface area contributed by atoms with Crippen LogP contribution in [0.2, 0.25) is 0 Å². The number of aliphatic hydroxyl groups is 1. The van der Waals surface area contributed by atoms with E-state index in [-0.39, 0.29) is 24.1 Å². The summed E-state index contributed by atoms with van der Waals surface area (Å²) in [5.41, 5.74) is -1.19. The molecular formula is C24H33N5O9. The number of nitrogens with one attached hydrogen (secondary N) is 4. The predicted molar refractivity (Wildman–Crippen MR) is 130 cm³/mol. The van der Waals surface area contributed by atoms with Crippen LogP contribution in [0, 0.1) is 0 Å². The molecule has 7 atom stereocenters. The van der Waals surface area contributed by atoms with Crippen LogP contribution >= 0.6 is 0 Å². The lowest BCUT2D eigenvalue weighted by molar-refractivity contribution is -0.224. The Hall–Kier alpha value is -3.49. The van der Waals surface area contributed by atoms with Gasteiger partial charge in [-0.15, -0.1) is 0 Å². The SMILES string of the molecule is CNC(=O)C(OC1OC(C(=O)NC2CCCC(C)NC2=O)=CC[C@@H]1O)C1CCC(n2ccc(=O)[nH]c2=O)O1. The summed E-state index contributed by atoms with van der Waals surface area (Å²) in [5, 5.41) is 18.5. The van der Waals surface area contributed by atoms with Crippen LogP contribution in [-0.2, 0) is 28.6 Å². The van der Waals surface area contributed by atoms with Crippen molar-refractivity contribution in [2.75, 3.05) is 7.05 Å². The lowest BCUT2D eigenvalue weighted by Gasteiger charge is -2.33. The van der Waals surface area contributed by atoms with Crippen LogP contribution in [0.5, 0.6) is 0 Å². The maximum atomic E-state index is 12.9. The molecule has 4 heterocycles. The highest BCUT2D eigenvalue weighted by molar-refractivity contribution is 5.95. The lowest BCUT2D eigenvalue weighted by atomic mass is 10.1. The Morgan fingerprint density at radius 2 is 2.00 bits per heavy atom. The van der Waals surface area contributed by atoms with Gasteiger partial charge >= 0.3 is 5.69 Å². The number of rotatable bonds is 7. The number of aromatic nitrogens is 2. The molecule has 3 amide bonds. The van der Waals surface area contributed by atoms with Crippen molar-refractivity contribution < 1.29 is 33.7 Å². The third kappa shape index (κ3) is 6.31. The number of carbonyl (C=O) groups is 3. The molecule has 0 aliphatic carbocycles. The van der Waals surface area contributed by atoms with Gasteiger partial charge < -0.3 is 35.3 Å². The molecule has 1 aromatic rings. The van der Waals surface area contributed by atoms with Gasteiger partial charge in [-0.1, -0.05) is 0 Å². The van der Waals surface area contributed by atoms with Gasteiger partial charge in [0.1, 0.15) is 18.4 Å². The molecule has 38 heavy (non-hydrogen) atoms. The van der Waals surface area contributed by atoms with Gasteiger partial charge in [0.15, 0.2) is 11.9 Å². The van der Waals surface area contributed by atoms with Gasteiger partial charge in [-0.2, -0.15) is 0 Å². The number of hydrogen-bond acceptors (Lipinski definition) is 9. The van der Waals surface area contributed by atoms with Crippen molar-refractivity contribution in [1.82, 2.24) is 25.5 Å². The normalized spacial score (nSPS) is 30.3. The first-order chi connectivity index (χ1) is 18.2. The molecule has 2 fully saturated rings. The van der Waals surface area contributed by atoms with E-state index in [1.807, 2.05) is 6.92 Å². The zero-order valence-corrected chi connectivity index (χ0v) is 21.2. The molecule has 14 heteroatoms. The Morgan fingerprint density at radius 1 is 1.21 bits per heavy atom. The standard InChI is InChI=1S/C24H33N5O9/c1-12-4-3-5-13(20(32)26-12)27-21(33)16-7-6-14(30)23(37-16)38-19(22(34)25-2)15-8-9-18(36-15)29-11-10-17(31)28-24(29)35/h7,10-15,18-19,23,30H,3-6,8-9H2,1-2H3,(H,25,34)(H,26,32)(H,27,33)(H,28,31,35)/t12?,13?,14-,15?,18?,19?,23?/m0/s1. The number of aromatic amines is 1. The zero-order chi connectivity index (χ0) is 27.4. The Labute approximate surface area is 217 Å². The van der Waals surface area contributed by atoms with Crippen molar-refractivity contribution in [3.63, 3.8) is 0 Å². The second kappa shape index (κ2) is 11.9. The predicted octanol–water partition coefficient (Wildman–Crippen LogP) is -1.49. The van der Waals surface area contributed by atoms with Gasteiger partial charge in [0, 0.05) is 31.8 Å². The molecule has 2 saturated heterocycles. The average molecular weight is 536 g/mol. The van der Waals surface area contributed by atoms with Crippen LogP contribution in [0.15, 0.2) is 33.7 Å². The van der Waals surface area contributed by atoms with E-state index in [1.165, 1.54) is 30.0 Å². The molecule has 0 aromatic carbocycles. The molecule has 0 bridgehead atoms. The summed E-state index contributed by atoms with van der Waals surface area (Å²) in [4.78, 5) is 63.6. The minimum Gasteiger partial charge on any atom is -0.457 e. The molecule has 5 N–H and O–H groups in total. The fraction of sp³-hybridized carbons (Fsp3) is 0.625. The quantitative estimate of drug-likeness (QED) is 0.277. The van der Waals surface area contributed by atoms with E-state index in [2.05, 4.69) is 20.9 Å². The number of ether oxygens (including phenoxy) is 3. The average Bonchev–Trinajstić information content (AvgIpc) is 3.30. The zero-order valence-electron chi connectivity index (χ0n) is 21.2. The molecule has 3 aliphatic heterocycles. The van der Waals surface area contributed by atoms with E-state index in [0.717, 1.165) is 12.8 Å². The van der Waals surface area contributed by atoms with E-state index >= 15 is 0 Å². The number of amides is 3. The summed E-state index contributed by atoms with van der Waals surface area (Å²) < 4.78 is 18.6. The van der Waals surface area contributed by atoms with E-state index in [4.69, 9.17) is 14.2 Å². The highest BCUT2D eigenvalue weighted by Gasteiger charge is 2.42. The molecule has 3 aliphatic rings. The van der Waals surface area contributed by atoms with Crippen LogP contribution in [-0.4, -0.2) is 76.1 Å². The summed E-state index contributed by atoms with van der Waals surface area (Å²) in [6.45, 7) is 1.90. The second-order valence-corrected chi connectivity index (χ2v) is 9.62. The number of aliphatic hydroxyl groups excluding tert-OH is 1. The summed E-state index contributed by atoms with van der Waals surface area (Å²) in [5.74, 6) is -1.59. The van der Waals surface area contributed by atoms with Gasteiger partial charge in [0.05, 0.1) is 6.10 Å². The van der Waals surface area contributed by atoms with E-state index in [0.29, 0.717) is 19.3 Å².